The molecule has 9 heteroatoms. The third-order valence-corrected chi connectivity index (χ3v) is 6.34. The number of rotatable bonds is 6. The third-order valence-electron chi connectivity index (χ3n) is 3.66. The molecular formula is C13H22N4O3S2. The molecule has 1 fully saturated rings. The van der Waals surface area contributed by atoms with Gasteiger partial charge in [-0.25, -0.2) is 12.7 Å². The average molecular weight is 346 g/mol. The molecule has 124 valence electrons. The SMILES string of the molecule is CCCCS(=O)(=O)N1CCC[C@@H](C(=O)Nc2nnc(C)s2)C1. The van der Waals surface area contributed by atoms with Crippen LogP contribution in [0.15, 0.2) is 0 Å². The predicted octanol–water partition coefficient (Wildman–Crippen LogP) is 1.63. The fourth-order valence-corrected chi connectivity index (χ4v) is 4.74. The maximum absolute atomic E-state index is 12.3. The zero-order valence-corrected chi connectivity index (χ0v) is 14.5. The summed E-state index contributed by atoms with van der Waals surface area (Å²) in [5, 5.41) is 11.7. The molecule has 0 unspecified atom stereocenters. The van der Waals surface area contributed by atoms with Crippen LogP contribution in [0.4, 0.5) is 5.13 Å². The number of unbranched alkanes of at least 4 members (excludes halogenated alkanes) is 1. The number of hydrogen-bond donors (Lipinski definition) is 1. The largest absolute Gasteiger partial charge is 0.300 e. The summed E-state index contributed by atoms with van der Waals surface area (Å²) in [4.78, 5) is 12.3. The number of hydrogen-bond acceptors (Lipinski definition) is 6. The van der Waals surface area contributed by atoms with Crippen molar-refractivity contribution in [3.05, 3.63) is 5.01 Å². The molecule has 0 radical (unpaired) electrons. The summed E-state index contributed by atoms with van der Waals surface area (Å²) >= 11 is 1.31. The number of carbonyl (C=O) groups is 1. The number of amides is 1. The fraction of sp³-hybridized carbons (Fsp3) is 0.769. The van der Waals surface area contributed by atoms with Crippen LogP contribution >= 0.6 is 11.3 Å². The van der Waals surface area contributed by atoms with Crippen molar-refractivity contribution in [3.8, 4) is 0 Å². The number of sulfonamides is 1. The van der Waals surface area contributed by atoms with E-state index in [-0.39, 0.29) is 24.1 Å². The molecule has 0 aliphatic carbocycles. The Morgan fingerprint density at radius 2 is 2.23 bits per heavy atom. The van der Waals surface area contributed by atoms with Crippen LogP contribution in [-0.4, -0.2) is 47.7 Å². The molecule has 1 N–H and O–H groups in total. The molecule has 1 aliphatic heterocycles. The summed E-state index contributed by atoms with van der Waals surface area (Å²) in [5.74, 6) is -0.339. The summed E-state index contributed by atoms with van der Waals surface area (Å²) in [6, 6.07) is 0. The highest BCUT2D eigenvalue weighted by atomic mass is 32.2. The van der Waals surface area contributed by atoms with Gasteiger partial charge in [0, 0.05) is 13.1 Å². The van der Waals surface area contributed by atoms with E-state index in [9.17, 15) is 13.2 Å². The lowest BCUT2D eigenvalue weighted by Gasteiger charge is -2.31. The Bertz CT molecular complexity index is 615. The normalized spacial score (nSPS) is 20.0. The van der Waals surface area contributed by atoms with Crippen molar-refractivity contribution in [1.29, 1.82) is 0 Å². The van der Waals surface area contributed by atoms with Crippen LogP contribution in [0.5, 0.6) is 0 Å². The lowest BCUT2D eigenvalue weighted by Crippen LogP contribution is -2.44. The Labute approximate surface area is 135 Å². The smallest absolute Gasteiger partial charge is 0.230 e. The van der Waals surface area contributed by atoms with Gasteiger partial charge in [0.05, 0.1) is 11.7 Å². The van der Waals surface area contributed by atoms with Crippen molar-refractivity contribution in [3.63, 3.8) is 0 Å². The van der Waals surface area contributed by atoms with E-state index < -0.39 is 10.0 Å². The first-order valence-corrected chi connectivity index (χ1v) is 9.93. The molecule has 2 rings (SSSR count). The van der Waals surface area contributed by atoms with E-state index in [4.69, 9.17) is 0 Å². The van der Waals surface area contributed by atoms with E-state index in [1.165, 1.54) is 15.6 Å². The standard InChI is InChI=1S/C13H22N4O3S2/c1-3-4-8-22(19,20)17-7-5-6-11(9-17)12(18)14-13-16-15-10(2)21-13/h11H,3-9H2,1-2H3,(H,14,16,18)/t11-/m1/s1. The summed E-state index contributed by atoms with van der Waals surface area (Å²) in [6.07, 6.45) is 2.90. The first-order valence-electron chi connectivity index (χ1n) is 7.51. The van der Waals surface area contributed by atoms with Crippen LogP contribution in [0.25, 0.3) is 0 Å². The Morgan fingerprint density at radius 3 is 2.86 bits per heavy atom. The van der Waals surface area contributed by atoms with Crippen molar-refractivity contribution in [2.45, 2.75) is 39.5 Å². The number of piperidine rings is 1. The van der Waals surface area contributed by atoms with Gasteiger partial charge in [0.2, 0.25) is 21.1 Å². The van der Waals surface area contributed by atoms with E-state index >= 15 is 0 Å². The van der Waals surface area contributed by atoms with Gasteiger partial charge in [0.25, 0.3) is 0 Å². The Kier molecular flexibility index (Phi) is 5.87. The molecule has 1 saturated heterocycles. The molecule has 1 aromatic heterocycles. The molecule has 0 aromatic carbocycles. The van der Waals surface area contributed by atoms with Gasteiger partial charge < -0.3 is 5.32 Å². The van der Waals surface area contributed by atoms with E-state index in [0.717, 1.165) is 11.4 Å². The Morgan fingerprint density at radius 1 is 1.45 bits per heavy atom. The van der Waals surface area contributed by atoms with Crippen molar-refractivity contribution >= 4 is 32.4 Å². The van der Waals surface area contributed by atoms with Gasteiger partial charge in [0.1, 0.15) is 5.01 Å². The minimum atomic E-state index is -3.25. The molecule has 22 heavy (non-hydrogen) atoms. The Balaban J connectivity index is 1.96. The number of anilines is 1. The van der Waals surface area contributed by atoms with Crippen molar-refractivity contribution < 1.29 is 13.2 Å². The summed E-state index contributed by atoms with van der Waals surface area (Å²) in [5.41, 5.74) is 0. The van der Waals surface area contributed by atoms with Gasteiger partial charge in [-0.05, 0) is 26.2 Å². The lowest BCUT2D eigenvalue weighted by molar-refractivity contribution is -0.120. The number of aromatic nitrogens is 2. The van der Waals surface area contributed by atoms with Crippen LogP contribution in [0.3, 0.4) is 0 Å². The van der Waals surface area contributed by atoms with E-state index in [2.05, 4.69) is 15.5 Å². The average Bonchev–Trinajstić information content (AvgIpc) is 2.90. The van der Waals surface area contributed by atoms with Gasteiger partial charge in [-0.3, -0.25) is 4.79 Å². The molecule has 0 saturated carbocycles. The Hall–Kier alpha value is -1.06. The van der Waals surface area contributed by atoms with Crippen LogP contribution in [0, 0.1) is 12.8 Å². The third kappa shape index (κ3) is 4.47. The number of aryl methyl sites for hydroxylation is 1. The summed E-state index contributed by atoms with van der Waals surface area (Å²) in [7, 11) is -3.25. The van der Waals surface area contributed by atoms with Crippen LogP contribution in [-0.2, 0) is 14.8 Å². The second-order valence-corrected chi connectivity index (χ2v) is 8.75. The lowest BCUT2D eigenvalue weighted by atomic mass is 9.99. The van der Waals surface area contributed by atoms with Gasteiger partial charge in [-0.15, -0.1) is 10.2 Å². The minimum absolute atomic E-state index is 0.160. The molecule has 7 nitrogen and oxygen atoms in total. The van der Waals surface area contributed by atoms with Gasteiger partial charge in [0.15, 0.2) is 0 Å². The van der Waals surface area contributed by atoms with E-state index in [0.29, 0.717) is 30.9 Å². The quantitative estimate of drug-likeness (QED) is 0.845. The minimum Gasteiger partial charge on any atom is -0.300 e. The second kappa shape index (κ2) is 7.47. The molecule has 1 atom stereocenters. The molecule has 2 heterocycles. The van der Waals surface area contributed by atoms with Crippen molar-refractivity contribution in [1.82, 2.24) is 14.5 Å². The van der Waals surface area contributed by atoms with Crippen molar-refractivity contribution in [2.24, 2.45) is 5.92 Å². The van der Waals surface area contributed by atoms with Gasteiger partial charge in [-0.2, -0.15) is 0 Å². The number of nitrogens with one attached hydrogen (secondary N) is 1. The number of carbonyl (C=O) groups excluding carboxylic acids is 1. The fourth-order valence-electron chi connectivity index (χ4n) is 2.42. The molecule has 0 spiro atoms. The monoisotopic (exact) mass is 346 g/mol. The predicted molar refractivity (Wildman–Crippen MR) is 86.3 cm³/mol. The second-order valence-electron chi connectivity index (χ2n) is 5.48. The zero-order valence-electron chi connectivity index (χ0n) is 12.9. The topological polar surface area (TPSA) is 92.3 Å². The van der Waals surface area contributed by atoms with Crippen LogP contribution in [0.2, 0.25) is 0 Å². The molecular weight excluding hydrogens is 324 g/mol. The highest BCUT2D eigenvalue weighted by Gasteiger charge is 2.32. The highest BCUT2D eigenvalue weighted by Crippen LogP contribution is 2.22. The molecule has 1 amide bonds. The van der Waals surface area contributed by atoms with E-state index in [1.807, 2.05) is 13.8 Å². The van der Waals surface area contributed by atoms with Crippen LogP contribution < -0.4 is 5.32 Å². The first-order chi connectivity index (χ1) is 10.4. The van der Waals surface area contributed by atoms with Gasteiger partial charge >= 0.3 is 0 Å². The van der Waals surface area contributed by atoms with Gasteiger partial charge in [-0.1, -0.05) is 24.7 Å². The van der Waals surface area contributed by atoms with Crippen molar-refractivity contribution in [2.75, 3.05) is 24.2 Å². The van der Waals surface area contributed by atoms with E-state index in [1.54, 1.807) is 0 Å². The summed E-state index contributed by atoms with van der Waals surface area (Å²) in [6.45, 7) is 4.55. The molecule has 1 aromatic rings. The first kappa shape index (κ1) is 17.3. The highest BCUT2D eigenvalue weighted by molar-refractivity contribution is 7.89. The summed E-state index contributed by atoms with van der Waals surface area (Å²) < 4.78 is 26.0. The maximum atomic E-state index is 12.3. The van der Waals surface area contributed by atoms with Crippen LogP contribution in [0.1, 0.15) is 37.6 Å². The molecule has 1 aliphatic rings. The molecule has 0 bridgehead atoms. The maximum Gasteiger partial charge on any atom is 0.230 e. The zero-order chi connectivity index (χ0) is 16.2. The number of nitrogens with zero attached hydrogens (tertiary/aromatic N) is 3.